The lowest BCUT2D eigenvalue weighted by Gasteiger charge is -2.16. The molecule has 146 valence electrons. The number of para-hydroxylation sites is 1. The van der Waals surface area contributed by atoms with E-state index >= 15 is 0 Å². The zero-order valence-electron chi connectivity index (χ0n) is 16.1. The quantitative estimate of drug-likeness (QED) is 0.625. The highest BCUT2D eigenvalue weighted by Gasteiger charge is 2.12. The number of aliphatic hydroxyl groups is 1. The molecule has 0 amide bonds. The van der Waals surface area contributed by atoms with E-state index in [0.29, 0.717) is 12.3 Å². The molecule has 0 fully saturated rings. The number of carboxylic acid groups (broad SMARTS) is 1. The van der Waals surface area contributed by atoms with Crippen LogP contribution in [0.4, 0.5) is 0 Å². The number of rotatable bonds is 8. The third kappa shape index (κ3) is 4.65. The second-order valence-electron chi connectivity index (χ2n) is 6.82. The van der Waals surface area contributed by atoms with E-state index in [0.717, 1.165) is 39.8 Å². The molecule has 0 spiro atoms. The SMILES string of the molecule is Cc1cc(-c2ccccc2OCC(=O)O)nc2cc(CN(C)CCO)ccc12. The molecule has 0 unspecified atom stereocenters. The number of likely N-dealkylation sites (N-methyl/N-ethyl adjacent to an activating group) is 1. The molecule has 0 atom stereocenters. The number of fused-ring (bicyclic) bond motifs is 1. The van der Waals surface area contributed by atoms with Crippen molar-refractivity contribution in [3.8, 4) is 17.0 Å². The topological polar surface area (TPSA) is 82.9 Å². The average molecular weight is 380 g/mol. The molecule has 6 nitrogen and oxygen atoms in total. The summed E-state index contributed by atoms with van der Waals surface area (Å²) in [5.41, 5.74) is 4.58. The standard InChI is InChI=1S/C22H24N2O4/c1-15-11-19(18-5-3-4-6-21(18)28-14-22(26)27)23-20-12-16(7-8-17(15)20)13-24(2)9-10-25/h3-8,11-12,25H,9-10,13-14H2,1-2H3,(H,26,27). The number of pyridine rings is 1. The molecule has 0 radical (unpaired) electrons. The number of carboxylic acids is 1. The first kappa shape index (κ1) is 19.8. The number of aliphatic hydroxyl groups excluding tert-OH is 1. The van der Waals surface area contributed by atoms with E-state index in [2.05, 4.69) is 18.2 Å². The minimum Gasteiger partial charge on any atom is -0.481 e. The van der Waals surface area contributed by atoms with Gasteiger partial charge in [0.15, 0.2) is 6.61 Å². The van der Waals surface area contributed by atoms with Gasteiger partial charge in [-0.05, 0) is 49.4 Å². The summed E-state index contributed by atoms with van der Waals surface area (Å²) in [7, 11) is 1.96. The fourth-order valence-corrected chi connectivity index (χ4v) is 3.19. The third-order valence-electron chi connectivity index (χ3n) is 4.53. The van der Waals surface area contributed by atoms with Crippen LogP contribution in [0.3, 0.4) is 0 Å². The number of aromatic nitrogens is 1. The Labute approximate surface area is 164 Å². The van der Waals surface area contributed by atoms with Crippen LogP contribution in [0.1, 0.15) is 11.1 Å². The van der Waals surface area contributed by atoms with Crippen molar-refractivity contribution < 1.29 is 19.7 Å². The van der Waals surface area contributed by atoms with Crippen molar-refractivity contribution in [1.29, 1.82) is 0 Å². The van der Waals surface area contributed by atoms with E-state index in [1.54, 1.807) is 6.07 Å². The van der Waals surface area contributed by atoms with E-state index in [9.17, 15) is 4.79 Å². The second kappa shape index (κ2) is 8.82. The summed E-state index contributed by atoms with van der Waals surface area (Å²) in [6.07, 6.45) is 0. The van der Waals surface area contributed by atoms with E-state index in [1.165, 1.54) is 0 Å². The van der Waals surface area contributed by atoms with E-state index in [4.69, 9.17) is 19.9 Å². The van der Waals surface area contributed by atoms with Crippen LogP contribution in [0.5, 0.6) is 5.75 Å². The van der Waals surface area contributed by atoms with E-state index in [-0.39, 0.29) is 6.61 Å². The lowest BCUT2D eigenvalue weighted by Crippen LogP contribution is -2.21. The number of aliphatic carboxylic acids is 1. The van der Waals surface area contributed by atoms with Crippen molar-refractivity contribution in [3.63, 3.8) is 0 Å². The maximum absolute atomic E-state index is 10.9. The Kier molecular flexibility index (Phi) is 6.23. The molecule has 0 aliphatic heterocycles. The van der Waals surface area contributed by atoms with Gasteiger partial charge in [-0.2, -0.15) is 0 Å². The summed E-state index contributed by atoms with van der Waals surface area (Å²) < 4.78 is 5.44. The lowest BCUT2D eigenvalue weighted by molar-refractivity contribution is -0.139. The van der Waals surface area contributed by atoms with Gasteiger partial charge in [-0.1, -0.05) is 24.3 Å². The highest BCUT2D eigenvalue weighted by molar-refractivity contribution is 5.86. The Balaban J connectivity index is 2.00. The Morgan fingerprint density at radius 1 is 1.18 bits per heavy atom. The van der Waals surface area contributed by atoms with Gasteiger partial charge in [0.1, 0.15) is 5.75 Å². The summed E-state index contributed by atoms with van der Waals surface area (Å²) in [6, 6.07) is 15.5. The second-order valence-corrected chi connectivity index (χ2v) is 6.82. The minimum atomic E-state index is -1.02. The predicted octanol–water partition coefficient (Wildman–Crippen LogP) is 3.10. The molecule has 1 aromatic heterocycles. The summed E-state index contributed by atoms with van der Waals surface area (Å²) in [5, 5.41) is 19.1. The fourth-order valence-electron chi connectivity index (χ4n) is 3.19. The van der Waals surface area contributed by atoms with Crippen molar-refractivity contribution >= 4 is 16.9 Å². The van der Waals surface area contributed by atoms with Gasteiger partial charge in [0.05, 0.1) is 17.8 Å². The lowest BCUT2D eigenvalue weighted by atomic mass is 10.0. The molecular weight excluding hydrogens is 356 g/mol. The number of hydrogen-bond acceptors (Lipinski definition) is 5. The summed E-state index contributed by atoms with van der Waals surface area (Å²) >= 11 is 0. The maximum Gasteiger partial charge on any atom is 0.341 e. The van der Waals surface area contributed by atoms with Crippen LogP contribution >= 0.6 is 0 Å². The van der Waals surface area contributed by atoms with Crippen LogP contribution in [0.2, 0.25) is 0 Å². The zero-order valence-corrected chi connectivity index (χ0v) is 16.1. The smallest absolute Gasteiger partial charge is 0.341 e. The molecule has 3 rings (SSSR count). The molecular formula is C22H24N2O4. The minimum absolute atomic E-state index is 0.124. The predicted molar refractivity (Wildman–Crippen MR) is 108 cm³/mol. The number of ether oxygens (including phenoxy) is 1. The molecule has 0 saturated heterocycles. The molecule has 0 aliphatic carbocycles. The van der Waals surface area contributed by atoms with Gasteiger partial charge >= 0.3 is 5.97 Å². The van der Waals surface area contributed by atoms with Crippen molar-refractivity contribution in [1.82, 2.24) is 9.88 Å². The summed E-state index contributed by atoms with van der Waals surface area (Å²) in [4.78, 5) is 17.7. The first-order chi connectivity index (χ1) is 13.5. The van der Waals surface area contributed by atoms with Gasteiger partial charge in [0, 0.05) is 24.0 Å². The van der Waals surface area contributed by atoms with Gasteiger partial charge in [0.2, 0.25) is 0 Å². The largest absolute Gasteiger partial charge is 0.481 e. The fraction of sp³-hybridized carbons (Fsp3) is 0.273. The Bertz CT molecular complexity index is 987. The average Bonchev–Trinajstić information content (AvgIpc) is 2.66. The maximum atomic E-state index is 10.9. The first-order valence-electron chi connectivity index (χ1n) is 9.11. The van der Waals surface area contributed by atoms with E-state index in [1.807, 2.05) is 43.1 Å². The van der Waals surface area contributed by atoms with E-state index < -0.39 is 12.6 Å². The first-order valence-corrected chi connectivity index (χ1v) is 9.11. The highest BCUT2D eigenvalue weighted by Crippen LogP contribution is 2.31. The molecule has 2 aromatic carbocycles. The highest BCUT2D eigenvalue weighted by atomic mass is 16.5. The number of aryl methyl sites for hydroxylation is 1. The van der Waals surface area contributed by atoms with Crippen LogP contribution in [0.15, 0.2) is 48.5 Å². The van der Waals surface area contributed by atoms with Gasteiger partial charge in [-0.3, -0.25) is 4.90 Å². The van der Waals surface area contributed by atoms with Crippen LogP contribution in [-0.4, -0.2) is 52.9 Å². The van der Waals surface area contributed by atoms with Gasteiger partial charge in [-0.15, -0.1) is 0 Å². The Morgan fingerprint density at radius 3 is 2.71 bits per heavy atom. The van der Waals surface area contributed by atoms with Crippen LogP contribution in [-0.2, 0) is 11.3 Å². The Morgan fingerprint density at radius 2 is 1.96 bits per heavy atom. The number of nitrogens with zero attached hydrogens (tertiary/aromatic N) is 2. The van der Waals surface area contributed by atoms with Crippen molar-refractivity contribution in [2.75, 3.05) is 26.8 Å². The number of benzene rings is 2. The normalized spacial score (nSPS) is 11.1. The number of hydrogen-bond donors (Lipinski definition) is 2. The van der Waals surface area contributed by atoms with Gasteiger partial charge in [-0.25, -0.2) is 9.78 Å². The van der Waals surface area contributed by atoms with Crippen molar-refractivity contribution in [2.24, 2.45) is 0 Å². The molecule has 6 heteroatoms. The van der Waals surface area contributed by atoms with Crippen LogP contribution < -0.4 is 4.74 Å². The molecule has 0 saturated carbocycles. The Hall–Kier alpha value is -2.96. The summed E-state index contributed by atoms with van der Waals surface area (Å²) in [6.45, 7) is 3.09. The van der Waals surface area contributed by atoms with Gasteiger partial charge < -0.3 is 14.9 Å². The molecule has 28 heavy (non-hydrogen) atoms. The van der Waals surface area contributed by atoms with Crippen molar-refractivity contribution in [2.45, 2.75) is 13.5 Å². The van der Waals surface area contributed by atoms with Gasteiger partial charge in [0.25, 0.3) is 0 Å². The number of carbonyl (C=O) groups is 1. The molecule has 3 aromatic rings. The third-order valence-corrected chi connectivity index (χ3v) is 4.53. The molecule has 0 bridgehead atoms. The van der Waals surface area contributed by atoms with Crippen molar-refractivity contribution in [3.05, 3.63) is 59.7 Å². The zero-order chi connectivity index (χ0) is 20.1. The molecule has 0 aliphatic rings. The molecule has 1 heterocycles. The van der Waals surface area contributed by atoms with Crippen LogP contribution in [0.25, 0.3) is 22.2 Å². The summed E-state index contributed by atoms with van der Waals surface area (Å²) in [5.74, 6) is -0.524. The monoisotopic (exact) mass is 380 g/mol. The molecule has 2 N–H and O–H groups in total. The van der Waals surface area contributed by atoms with Crippen LogP contribution in [0, 0.1) is 6.92 Å².